The highest BCUT2D eigenvalue weighted by Gasteiger charge is 2.37. The molecule has 20 heavy (non-hydrogen) atoms. The highest BCUT2D eigenvalue weighted by Crippen LogP contribution is 2.32. The van der Waals surface area contributed by atoms with Gasteiger partial charge >= 0.3 is 0 Å². The van der Waals surface area contributed by atoms with Crippen molar-refractivity contribution in [2.24, 2.45) is 5.41 Å². The number of hydrogen-bond donors (Lipinski definition) is 1. The molecular formula is C15H18N2O2S. The van der Waals surface area contributed by atoms with Crippen LogP contribution in [0.4, 0.5) is 0 Å². The van der Waals surface area contributed by atoms with Crippen LogP contribution in [0.1, 0.15) is 5.56 Å². The van der Waals surface area contributed by atoms with Crippen LogP contribution in [0, 0.1) is 5.41 Å². The summed E-state index contributed by atoms with van der Waals surface area (Å²) in [6, 6.07) is 10.1. The Kier molecular flexibility index (Phi) is 4.10. The predicted molar refractivity (Wildman–Crippen MR) is 80.1 cm³/mol. The molecule has 1 aromatic carbocycles. The molecule has 1 saturated heterocycles. The topological polar surface area (TPSA) is 47.3 Å². The van der Waals surface area contributed by atoms with Gasteiger partial charge in [-0.3, -0.25) is 0 Å². The fraction of sp³-hybridized carbons (Fsp3) is 0.400. The normalized spacial score (nSPS) is 16.9. The van der Waals surface area contributed by atoms with Crippen LogP contribution in [0.15, 0.2) is 42.7 Å². The van der Waals surface area contributed by atoms with Crippen molar-refractivity contribution in [3.63, 3.8) is 0 Å². The minimum absolute atomic E-state index is 0.0138. The third-order valence-corrected chi connectivity index (χ3v) is 4.84. The second kappa shape index (κ2) is 5.99. The summed E-state index contributed by atoms with van der Waals surface area (Å²) in [7, 11) is 0. The Balaban J connectivity index is 1.55. The SMILES string of the molecule is OCC1(CSCc2cnn(-c3ccccc3)c2)COC1. The largest absolute Gasteiger partial charge is 0.396 e. The first-order valence-corrected chi connectivity index (χ1v) is 7.82. The minimum Gasteiger partial charge on any atom is -0.396 e. The van der Waals surface area contributed by atoms with Gasteiger partial charge in [0, 0.05) is 28.7 Å². The molecule has 0 unspecified atom stereocenters. The van der Waals surface area contributed by atoms with Crippen LogP contribution < -0.4 is 0 Å². The van der Waals surface area contributed by atoms with Gasteiger partial charge in [-0.05, 0) is 12.1 Å². The van der Waals surface area contributed by atoms with Gasteiger partial charge in [-0.2, -0.15) is 16.9 Å². The Bertz CT molecular complexity index is 547. The van der Waals surface area contributed by atoms with Crippen LogP contribution >= 0.6 is 11.8 Å². The predicted octanol–water partition coefficient (Wildman–Crippen LogP) is 2.11. The molecule has 0 aliphatic carbocycles. The maximum atomic E-state index is 9.38. The van der Waals surface area contributed by atoms with Crippen molar-refractivity contribution in [2.45, 2.75) is 5.75 Å². The van der Waals surface area contributed by atoms with E-state index in [9.17, 15) is 5.11 Å². The molecule has 5 heteroatoms. The molecule has 4 nitrogen and oxygen atoms in total. The molecule has 0 atom stereocenters. The summed E-state index contributed by atoms with van der Waals surface area (Å²) in [5.74, 6) is 1.84. The second-order valence-corrected chi connectivity index (χ2v) is 6.26. The molecule has 2 heterocycles. The molecular weight excluding hydrogens is 272 g/mol. The number of para-hydroxylation sites is 1. The molecule has 0 spiro atoms. The molecule has 0 radical (unpaired) electrons. The van der Waals surface area contributed by atoms with Gasteiger partial charge in [-0.15, -0.1) is 0 Å². The van der Waals surface area contributed by atoms with Crippen molar-refractivity contribution >= 4 is 11.8 Å². The van der Waals surface area contributed by atoms with E-state index in [2.05, 4.69) is 11.3 Å². The van der Waals surface area contributed by atoms with Gasteiger partial charge in [0.25, 0.3) is 0 Å². The first kappa shape index (κ1) is 13.7. The number of thioether (sulfide) groups is 1. The zero-order valence-corrected chi connectivity index (χ0v) is 12.1. The van der Waals surface area contributed by atoms with E-state index in [0.717, 1.165) is 17.2 Å². The summed E-state index contributed by atoms with van der Waals surface area (Å²) in [6.07, 6.45) is 3.97. The third-order valence-electron chi connectivity index (χ3n) is 3.49. The van der Waals surface area contributed by atoms with Gasteiger partial charge in [0.05, 0.1) is 31.7 Å². The van der Waals surface area contributed by atoms with E-state index in [4.69, 9.17) is 4.74 Å². The van der Waals surface area contributed by atoms with E-state index < -0.39 is 0 Å². The summed E-state index contributed by atoms with van der Waals surface area (Å²) < 4.78 is 7.10. The zero-order valence-electron chi connectivity index (χ0n) is 11.2. The van der Waals surface area contributed by atoms with Crippen molar-refractivity contribution in [2.75, 3.05) is 25.6 Å². The minimum atomic E-state index is -0.0138. The lowest BCUT2D eigenvalue weighted by atomic mass is 9.90. The molecule has 1 aromatic heterocycles. The van der Waals surface area contributed by atoms with E-state index in [1.54, 1.807) is 0 Å². The van der Waals surface area contributed by atoms with Crippen LogP contribution in [0.3, 0.4) is 0 Å². The van der Waals surface area contributed by atoms with Gasteiger partial charge in [0.2, 0.25) is 0 Å². The molecule has 2 aromatic rings. The Hall–Kier alpha value is -1.30. The summed E-state index contributed by atoms with van der Waals surface area (Å²) in [5, 5.41) is 13.8. The Morgan fingerprint density at radius 3 is 2.75 bits per heavy atom. The Labute approximate surface area is 122 Å². The van der Waals surface area contributed by atoms with Crippen molar-refractivity contribution in [1.29, 1.82) is 0 Å². The number of rotatable bonds is 6. The smallest absolute Gasteiger partial charge is 0.0645 e. The second-order valence-electron chi connectivity index (χ2n) is 5.27. The van der Waals surface area contributed by atoms with E-state index in [0.29, 0.717) is 13.2 Å². The molecule has 0 amide bonds. The van der Waals surface area contributed by atoms with Crippen molar-refractivity contribution < 1.29 is 9.84 Å². The summed E-state index contributed by atoms with van der Waals surface area (Å²) in [4.78, 5) is 0. The number of aliphatic hydroxyl groups is 1. The molecule has 1 N–H and O–H groups in total. The molecule has 0 saturated carbocycles. The highest BCUT2D eigenvalue weighted by molar-refractivity contribution is 7.98. The molecule has 1 fully saturated rings. The van der Waals surface area contributed by atoms with E-state index in [1.165, 1.54) is 5.56 Å². The van der Waals surface area contributed by atoms with E-state index >= 15 is 0 Å². The summed E-state index contributed by atoms with van der Waals surface area (Å²) in [6.45, 7) is 1.57. The van der Waals surface area contributed by atoms with Crippen molar-refractivity contribution in [1.82, 2.24) is 9.78 Å². The number of aliphatic hydroxyl groups excluding tert-OH is 1. The highest BCUT2D eigenvalue weighted by atomic mass is 32.2. The van der Waals surface area contributed by atoms with Crippen molar-refractivity contribution in [3.05, 3.63) is 48.3 Å². The molecule has 106 valence electrons. The number of hydrogen-bond acceptors (Lipinski definition) is 4. The maximum Gasteiger partial charge on any atom is 0.0645 e. The summed E-state index contributed by atoms with van der Waals surface area (Å²) >= 11 is 1.83. The van der Waals surface area contributed by atoms with Crippen molar-refractivity contribution in [3.8, 4) is 5.69 Å². The number of ether oxygens (including phenoxy) is 1. The first-order chi connectivity index (χ1) is 9.81. The first-order valence-electron chi connectivity index (χ1n) is 6.67. The van der Waals surface area contributed by atoms with Gasteiger partial charge < -0.3 is 9.84 Å². The van der Waals surface area contributed by atoms with E-state index in [1.807, 2.05) is 53.0 Å². The van der Waals surface area contributed by atoms with Gasteiger partial charge in [-0.25, -0.2) is 4.68 Å². The molecule has 3 rings (SSSR count). The van der Waals surface area contributed by atoms with Gasteiger partial charge in [0.15, 0.2) is 0 Å². The maximum absolute atomic E-state index is 9.38. The average Bonchev–Trinajstić information content (AvgIpc) is 2.92. The Morgan fingerprint density at radius 2 is 2.10 bits per heavy atom. The van der Waals surface area contributed by atoms with E-state index in [-0.39, 0.29) is 12.0 Å². The number of benzene rings is 1. The zero-order chi connectivity index (χ0) is 13.8. The van der Waals surface area contributed by atoms with Crippen LogP contribution in [0.2, 0.25) is 0 Å². The van der Waals surface area contributed by atoms with Crippen LogP contribution in [-0.4, -0.2) is 40.5 Å². The summed E-state index contributed by atoms with van der Waals surface area (Å²) in [5.41, 5.74) is 2.26. The Morgan fingerprint density at radius 1 is 1.30 bits per heavy atom. The lowest BCUT2D eigenvalue weighted by Crippen LogP contribution is -2.47. The van der Waals surface area contributed by atoms with Crippen LogP contribution in [-0.2, 0) is 10.5 Å². The quantitative estimate of drug-likeness (QED) is 0.885. The fourth-order valence-corrected chi connectivity index (χ4v) is 3.33. The lowest BCUT2D eigenvalue weighted by molar-refractivity contribution is -0.121. The third kappa shape index (κ3) is 2.90. The molecule has 0 bridgehead atoms. The average molecular weight is 290 g/mol. The monoisotopic (exact) mass is 290 g/mol. The fourth-order valence-electron chi connectivity index (χ4n) is 2.15. The number of nitrogens with zero attached hydrogens (tertiary/aromatic N) is 2. The van der Waals surface area contributed by atoms with Gasteiger partial charge in [0.1, 0.15) is 0 Å². The van der Waals surface area contributed by atoms with Crippen LogP contribution in [0.5, 0.6) is 0 Å². The molecule has 1 aliphatic heterocycles. The number of aromatic nitrogens is 2. The lowest BCUT2D eigenvalue weighted by Gasteiger charge is -2.39. The van der Waals surface area contributed by atoms with Gasteiger partial charge in [-0.1, -0.05) is 18.2 Å². The van der Waals surface area contributed by atoms with Crippen LogP contribution in [0.25, 0.3) is 5.69 Å². The standard InChI is InChI=1S/C15H18N2O2S/c18-9-15(10-19-11-15)12-20-8-13-6-16-17(7-13)14-4-2-1-3-5-14/h1-7,18H,8-12H2. The molecule has 1 aliphatic rings.